The molecule has 0 spiro atoms. The van der Waals surface area contributed by atoms with E-state index in [-0.39, 0.29) is 18.1 Å². The molecular formula is C17H27N3O. The van der Waals surface area contributed by atoms with E-state index >= 15 is 0 Å². The molecule has 1 aliphatic heterocycles. The number of hydrogen-bond donors (Lipinski definition) is 1. The minimum absolute atomic E-state index is 0.0144. The highest BCUT2D eigenvalue weighted by Gasteiger charge is 2.34. The normalized spacial score (nSPS) is 20.3. The summed E-state index contributed by atoms with van der Waals surface area (Å²) in [4.78, 5) is 16.4. The minimum atomic E-state index is 0.0144. The second-order valence-electron chi connectivity index (χ2n) is 6.12. The van der Waals surface area contributed by atoms with Crippen LogP contribution in [0.3, 0.4) is 0 Å². The molecule has 1 amide bonds. The highest BCUT2D eigenvalue weighted by atomic mass is 16.2. The number of aryl methyl sites for hydroxylation is 1. The van der Waals surface area contributed by atoms with Crippen molar-refractivity contribution in [1.29, 1.82) is 0 Å². The van der Waals surface area contributed by atoms with Gasteiger partial charge in [0.05, 0.1) is 6.54 Å². The number of rotatable bonds is 6. The molecule has 1 aliphatic rings. The van der Waals surface area contributed by atoms with E-state index < -0.39 is 0 Å². The van der Waals surface area contributed by atoms with Gasteiger partial charge < -0.3 is 9.80 Å². The van der Waals surface area contributed by atoms with E-state index in [1.807, 2.05) is 4.90 Å². The highest BCUT2D eigenvalue weighted by Crippen LogP contribution is 2.26. The Balaban J connectivity index is 2.11. The summed E-state index contributed by atoms with van der Waals surface area (Å²) in [6.45, 7) is 5.72. The first-order valence-corrected chi connectivity index (χ1v) is 7.81. The van der Waals surface area contributed by atoms with Crippen LogP contribution in [0.15, 0.2) is 24.3 Å². The molecule has 0 radical (unpaired) electrons. The monoisotopic (exact) mass is 289 g/mol. The Labute approximate surface area is 128 Å². The Kier molecular flexibility index (Phi) is 5.37. The molecular weight excluding hydrogens is 262 g/mol. The Bertz CT molecular complexity index is 469. The standard InChI is InChI=1S/C17H27N3O/c1-5-14-6-8-15(9-7-14)17-18-12-16(21)20(17)13(2)10-11-19(3)4/h6-9,13,17-18H,5,10-12H2,1-4H3. The van der Waals surface area contributed by atoms with Crippen LogP contribution in [0.5, 0.6) is 0 Å². The number of carbonyl (C=O) groups excluding carboxylic acids is 1. The van der Waals surface area contributed by atoms with Crippen molar-refractivity contribution in [3.8, 4) is 0 Å². The van der Waals surface area contributed by atoms with E-state index in [1.54, 1.807) is 0 Å². The lowest BCUT2D eigenvalue weighted by atomic mass is 10.1. The molecule has 4 heteroatoms. The summed E-state index contributed by atoms with van der Waals surface area (Å²) in [6.07, 6.45) is 2.05. The molecule has 1 aromatic carbocycles. The van der Waals surface area contributed by atoms with Crippen molar-refractivity contribution in [3.05, 3.63) is 35.4 Å². The zero-order valence-electron chi connectivity index (χ0n) is 13.6. The molecule has 0 aliphatic carbocycles. The van der Waals surface area contributed by atoms with Crippen LogP contribution in [0, 0.1) is 0 Å². The molecule has 2 rings (SSSR count). The number of hydrogen-bond acceptors (Lipinski definition) is 3. The summed E-state index contributed by atoms with van der Waals surface area (Å²) in [5.41, 5.74) is 2.50. The molecule has 21 heavy (non-hydrogen) atoms. The maximum Gasteiger partial charge on any atom is 0.238 e. The highest BCUT2D eigenvalue weighted by molar-refractivity contribution is 5.81. The van der Waals surface area contributed by atoms with E-state index in [1.165, 1.54) is 11.1 Å². The molecule has 1 saturated heterocycles. The topological polar surface area (TPSA) is 35.6 Å². The van der Waals surface area contributed by atoms with Gasteiger partial charge in [0.2, 0.25) is 5.91 Å². The van der Waals surface area contributed by atoms with E-state index in [2.05, 4.69) is 62.4 Å². The first-order chi connectivity index (χ1) is 10.0. The third-order valence-corrected chi connectivity index (χ3v) is 4.19. The first-order valence-electron chi connectivity index (χ1n) is 7.81. The molecule has 0 aromatic heterocycles. The van der Waals surface area contributed by atoms with Gasteiger partial charge in [-0.15, -0.1) is 0 Å². The smallest absolute Gasteiger partial charge is 0.238 e. The lowest BCUT2D eigenvalue weighted by molar-refractivity contribution is -0.130. The van der Waals surface area contributed by atoms with E-state index in [0.717, 1.165) is 19.4 Å². The SMILES string of the molecule is CCc1ccc(C2NCC(=O)N2C(C)CCN(C)C)cc1. The van der Waals surface area contributed by atoms with Crippen LogP contribution >= 0.6 is 0 Å². The molecule has 1 aromatic rings. The van der Waals surface area contributed by atoms with Crippen LogP contribution in [-0.2, 0) is 11.2 Å². The van der Waals surface area contributed by atoms with Gasteiger partial charge in [0.15, 0.2) is 0 Å². The Morgan fingerprint density at radius 3 is 2.57 bits per heavy atom. The maximum atomic E-state index is 12.2. The first kappa shape index (κ1) is 16.0. The quantitative estimate of drug-likeness (QED) is 0.870. The van der Waals surface area contributed by atoms with Crippen molar-refractivity contribution < 1.29 is 4.79 Å². The predicted molar refractivity (Wildman–Crippen MR) is 86.0 cm³/mol. The van der Waals surface area contributed by atoms with Crippen molar-refractivity contribution >= 4 is 5.91 Å². The van der Waals surface area contributed by atoms with Gasteiger partial charge in [-0.3, -0.25) is 10.1 Å². The zero-order valence-corrected chi connectivity index (χ0v) is 13.6. The molecule has 4 nitrogen and oxygen atoms in total. The van der Waals surface area contributed by atoms with Crippen LogP contribution < -0.4 is 5.32 Å². The van der Waals surface area contributed by atoms with Crippen LogP contribution in [0.1, 0.15) is 37.6 Å². The van der Waals surface area contributed by atoms with Crippen LogP contribution in [-0.4, -0.2) is 48.9 Å². The van der Waals surface area contributed by atoms with Crippen LogP contribution in [0.2, 0.25) is 0 Å². The van der Waals surface area contributed by atoms with Crippen LogP contribution in [0.25, 0.3) is 0 Å². The van der Waals surface area contributed by atoms with Gasteiger partial charge >= 0.3 is 0 Å². The summed E-state index contributed by atoms with van der Waals surface area (Å²) in [5, 5.41) is 3.34. The van der Waals surface area contributed by atoms with Crippen LogP contribution in [0.4, 0.5) is 0 Å². The van der Waals surface area contributed by atoms with Crippen molar-refractivity contribution in [2.45, 2.75) is 38.9 Å². The number of amides is 1. The van der Waals surface area contributed by atoms with Crippen molar-refractivity contribution in [2.24, 2.45) is 0 Å². The predicted octanol–water partition coefficient (Wildman–Crippen LogP) is 2.02. The van der Waals surface area contributed by atoms with Crippen molar-refractivity contribution in [1.82, 2.24) is 15.1 Å². The zero-order chi connectivity index (χ0) is 15.4. The lowest BCUT2D eigenvalue weighted by Crippen LogP contribution is -2.39. The van der Waals surface area contributed by atoms with E-state index in [9.17, 15) is 4.79 Å². The third-order valence-electron chi connectivity index (χ3n) is 4.19. The average Bonchev–Trinajstić information content (AvgIpc) is 2.86. The minimum Gasteiger partial charge on any atom is -0.319 e. The van der Waals surface area contributed by atoms with E-state index in [0.29, 0.717) is 6.54 Å². The molecule has 1 fully saturated rings. The second-order valence-corrected chi connectivity index (χ2v) is 6.12. The molecule has 1 heterocycles. The molecule has 1 N–H and O–H groups in total. The Hall–Kier alpha value is -1.39. The fourth-order valence-electron chi connectivity index (χ4n) is 2.82. The van der Waals surface area contributed by atoms with Gasteiger partial charge in [0, 0.05) is 6.04 Å². The van der Waals surface area contributed by atoms with Gasteiger partial charge in [0.1, 0.15) is 6.17 Å². The van der Waals surface area contributed by atoms with Crippen molar-refractivity contribution in [3.63, 3.8) is 0 Å². The molecule has 116 valence electrons. The fraction of sp³-hybridized carbons (Fsp3) is 0.588. The second kappa shape index (κ2) is 7.05. The largest absolute Gasteiger partial charge is 0.319 e. The van der Waals surface area contributed by atoms with Gasteiger partial charge in [-0.05, 0) is 51.5 Å². The molecule has 2 unspecified atom stereocenters. The van der Waals surface area contributed by atoms with Gasteiger partial charge in [-0.2, -0.15) is 0 Å². The summed E-state index contributed by atoms with van der Waals surface area (Å²) in [5.74, 6) is 0.200. The van der Waals surface area contributed by atoms with Gasteiger partial charge in [0.25, 0.3) is 0 Å². The Morgan fingerprint density at radius 2 is 2.00 bits per heavy atom. The molecule has 0 saturated carbocycles. The summed E-state index contributed by atoms with van der Waals surface area (Å²) >= 11 is 0. The maximum absolute atomic E-state index is 12.2. The lowest BCUT2D eigenvalue weighted by Gasteiger charge is -2.31. The van der Waals surface area contributed by atoms with Crippen molar-refractivity contribution in [2.75, 3.05) is 27.2 Å². The molecule has 2 atom stereocenters. The van der Waals surface area contributed by atoms with Gasteiger partial charge in [-0.1, -0.05) is 31.2 Å². The summed E-state index contributed by atoms with van der Waals surface area (Å²) in [7, 11) is 4.13. The summed E-state index contributed by atoms with van der Waals surface area (Å²) < 4.78 is 0. The third kappa shape index (κ3) is 3.83. The number of nitrogens with one attached hydrogen (secondary N) is 1. The number of nitrogens with zero attached hydrogens (tertiary/aromatic N) is 2. The number of carbonyl (C=O) groups is 1. The van der Waals surface area contributed by atoms with Gasteiger partial charge in [-0.25, -0.2) is 0 Å². The average molecular weight is 289 g/mol. The van der Waals surface area contributed by atoms with E-state index in [4.69, 9.17) is 0 Å². The molecule has 0 bridgehead atoms. The Morgan fingerprint density at radius 1 is 1.33 bits per heavy atom. The fourth-order valence-corrected chi connectivity index (χ4v) is 2.82. The number of benzene rings is 1. The summed E-state index contributed by atoms with van der Waals surface area (Å²) in [6, 6.07) is 8.83.